The normalized spacial score (nSPS) is 17.6. The first-order chi connectivity index (χ1) is 15.6. The number of ketones is 1. The van der Waals surface area contributed by atoms with Gasteiger partial charge in [0.25, 0.3) is 17.4 Å². The Morgan fingerprint density at radius 1 is 1.18 bits per heavy atom. The molecule has 0 saturated carbocycles. The lowest BCUT2D eigenvalue weighted by atomic mass is 9.94. The lowest BCUT2D eigenvalue weighted by molar-refractivity contribution is -0.384. The number of carbonyl (C=O) groups excluding carboxylic acids is 2. The van der Waals surface area contributed by atoms with Crippen LogP contribution in [0.5, 0.6) is 5.75 Å². The van der Waals surface area contributed by atoms with Gasteiger partial charge in [0, 0.05) is 24.2 Å². The largest absolute Gasteiger partial charge is 0.507 e. The Morgan fingerprint density at radius 2 is 1.85 bits per heavy atom. The number of rotatable bonds is 8. The number of benzene rings is 2. The molecule has 174 valence electrons. The predicted octanol–water partition coefficient (Wildman–Crippen LogP) is 3.29. The molecule has 33 heavy (non-hydrogen) atoms. The van der Waals surface area contributed by atoms with Gasteiger partial charge in [0.05, 0.1) is 23.6 Å². The van der Waals surface area contributed by atoms with E-state index in [1.807, 2.05) is 25.9 Å². The van der Waals surface area contributed by atoms with Crippen LogP contribution in [-0.4, -0.2) is 65.8 Å². The molecular formula is C24H27N3O6. The highest BCUT2D eigenvalue weighted by Gasteiger charge is 2.45. The number of aliphatic hydroxyl groups is 1. The minimum atomic E-state index is -0.852. The molecule has 0 aromatic heterocycles. The Morgan fingerprint density at radius 3 is 2.39 bits per heavy atom. The molecule has 0 bridgehead atoms. The lowest BCUT2D eigenvalue weighted by Gasteiger charge is -2.26. The van der Waals surface area contributed by atoms with Gasteiger partial charge in [0.15, 0.2) is 0 Å². The quantitative estimate of drug-likeness (QED) is 0.215. The van der Waals surface area contributed by atoms with Gasteiger partial charge in [-0.1, -0.05) is 0 Å². The maximum Gasteiger partial charge on any atom is 0.295 e. The number of nitrogens with zero attached hydrogens (tertiary/aromatic N) is 3. The van der Waals surface area contributed by atoms with E-state index < -0.39 is 22.7 Å². The number of hydrogen-bond acceptors (Lipinski definition) is 7. The fourth-order valence-electron chi connectivity index (χ4n) is 3.97. The van der Waals surface area contributed by atoms with E-state index in [0.29, 0.717) is 36.4 Å². The first-order valence-corrected chi connectivity index (χ1v) is 10.5. The molecular weight excluding hydrogens is 426 g/mol. The van der Waals surface area contributed by atoms with Gasteiger partial charge in [-0.25, -0.2) is 0 Å². The van der Waals surface area contributed by atoms with Gasteiger partial charge in [-0.2, -0.15) is 0 Å². The van der Waals surface area contributed by atoms with Crippen molar-refractivity contribution in [2.45, 2.75) is 19.4 Å². The highest BCUT2D eigenvalue weighted by atomic mass is 16.6. The monoisotopic (exact) mass is 453 g/mol. The van der Waals surface area contributed by atoms with Crippen LogP contribution in [-0.2, 0) is 9.59 Å². The fourth-order valence-corrected chi connectivity index (χ4v) is 3.97. The second kappa shape index (κ2) is 9.83. The third-order valence-corrected chi connectivity index (χ3v) is 5.63. The van der Waals surface area contributed by atoms with E-state index in [9.17, 15) is 24.8 Å². The van der Waals surface area contributed by atoms with Crippen LogP contribution in [0.1, 0.15) is 29.2 Å². The van der Waals surface area contributed by atoms with Crippen LogP contribution in [0.2, 0.25) is 0 Å². The number of aliphatic hydroxyl groups excluding tert-OH is 1. The molecule has 1 fully saturated rings. The third kappa shape index (κ3) is 4.88. The van der Waals surface area contributed by atoms with Gasteiger partial charge >= 0.3 is 0 Å². The number of carbonyl (C=O) groups is 2. The summed E-state index contributed by atoms with van der Waals surface area (Å²) in [5.74, 6) is -1.15. The summed E-state index contributed by atoms with van der Waals surface area (Å²) < 4.78 is 5.26. The van der Waals surface area contributed by atoms with E-state index in [2.05, 4.69) is 0 Å². The van der Waals surface area contributed by atoms with Crippen molar-refractivity contribution in [1.29, 1.82) is 0 Å². The molecule has 2 aromatic carbocycles. The number of nitro groups is 1. The Bertz CT molecular complexity index is 1110. The van der Waals surface area contributed by atoms with Gasteiger partial charge in [0.1, 0.15) is 11.5 Å². The van der Waals surface area contributed by atoms with Crippen LogP contribution in [0, 0.1) is 17.0 Å². The Balaban J connectivity index is 2.11. The van der Waals surface area contributed by atoms with Crippen molar-refractivity contribution in [2.75, 3.05) is 34.3 Å². The number of Topliss-reactive ketones (excluding diaryl/α,β-unsaturated/α-hetero) is 1. The number of ether oxygens (including phenoxy) is 1. The summed E-state index contributed by atoms with van der Waals surface area (Å²) >= 11 is 0. The van der Waals surface area contributed by atoms with Gasteiger partial charge in [-0.05, 0) is 75.4 Å². The summed E-state index contributed by atoms with van der Waals surface area (Å²) in [6.07, 6.45) is 0.616. The Labute approximate surface area is 192 Å². The van der Waals surface area contributed by atoms with Crippen LogP contribution in [0.3, 0.4) is 0 Å². The molecule has 1 aliphatic heterocycles. The van der Waals surface area contributed by atoms with Gasteiger partial charge in [-0.3, -0.25) is 19.7 Å². The molecule has 1 N–H and O–H groups in total. The zero-order valence-corrected chi connectivity index (χ0v) is 19.1. The third-order valence-electron chi connectivity index (χ3n) is 5.63. The number of aryl methyl sites for hydroxylation is 1. The maximum absolute atomic E-state index is 13.0. The molecule has 9 heteroatoms. The van der Waals surface area contributed by atoms with Crippen molar-refractivity contribution in [3.8, 4) is 5.75 Å². The highest BCUT2D eigenvalue weighted by molar-refractivity contribution is 6.46. The SMILES string of the molecule is COc1ccc(C(O)=C2C(=O)C(=O)N(CCCN(C)C)[C@@H]2c2ccc([N+](=O)[O-])cc2)cc1C. The standard InChI is InChI=1S/C24H27N3O6/c1-15-14-17(8-11-19(15)33-4)22(28)20-21(16-6-9-18(10-7-16)27(31)32)26(24(30)23(20)29)13-5-12-25(2)3/h6-11,14,21,28H,5,12-13H2,1-4H3/t21-/m1/s1. The fraction of sp³-hybridized carbons (Fsp3) is 0.333. The number of amides is 1. The van der Waals surface area contributed by atoms with Crippen molar-refractivity contribution in [1.82, 2.24) is 9.80 Å². The second-order valence-corrected chi connectivity index (χ2v) is 8.18. The first kappa shape index (κ1) is 23.9. The van der Waals surface area contributed by atoms with E-state index in [-0.39, 0.29) is 17.0 Å². The smallest absolute Gasteiger partial charge is 0.295 e. The maximum atomic E-state index is 13.0. The van der Waals surface area contributed by atoms with Crippen LogP contribution in [0.15, 0.2) is 48.0 Å². The van der Waals surface area contributed by atoms with Gasteiger partial charge in [0.2, 0.25) is 0 Å². The average Bonchev–Trinajstić information content (AvgIpc) is 3.03. The Hall–Kier alpha value is -3.72. The molecule has 0 spiro atoms. The summed E-state index contributed by atoms with van der Waals surface area (Å²) in [5.41, 5.74) is 1.51. The molecule has 1 heterocycles. The van der Waals surface area contributed by atoms with Crippen molar-refractivity contribution in [2.24, 2.45) is 0 Å². The lowest BCUT2D eigenvalue weighted by Crippen LogP contribution is -2.32. The second-order valence-electron chi connectivity index (χ2n) is 8.18. The summed E-state index contributed by atoms with van der Waals surface area (Å²) in [5, 5.41) is 22.2. The van der Waals surface area contributed by atoms with E-state index >= 15 is 0 Å². The van der Waals surface area contributed by atoms with E-state index in [1.54, 1.807) is 18.2 Å². The number of hydrogen-bond donors (Lipinski definition) is 1. The molecule has 9 nitrogen and oxygen atoms in total. The van der Waals surface area contributed by atoms with Crippen molar-refractivity contribution in [3.63, 3.8) is 0 Å². The van der Waals surface area contributed by atoms with Crippen LogP contribution < -0.4 is 4.74 Å². The van der Waals surface area contributed by atoms with E-state index in [1.165, 1.54) is 36.3 Å². The topological polar surface area (TPSA) is 113 Å². The van der Waals surface area contributed by atoms with E-state index in [0.717, 1.165) is 5.56 Å². The molecule has 1 atom stereocenters. The van der Waals surface area contributed by atoms with E-state index in [4.69, 9.17) is 4.74 Å². The Kier molecular flexibility index (Phi) is 7.13. The van der Waals surface area contributed by atoms with Crippen molar-refractivity contribution < 1.29 is 24.4 Å². The van der Waals surface area contributed by atoms with Gasteiger partial charge in [-0.15, -0.1) is 0 Å². The molecule has 3 rings (SSSR count). The summed E-state index contributed by atoms with van der Waals surface area (Å²) in [7, 11) is 5.36. The zero-order valence-electron chi connectivity index (χ0n) is 19.1. The summed E-state index contributed by atoms with van der Waals surface area (Å²) in [6.45, 7) is 2.81. The number of methoxy groups -OCH3 is 1. The molecule has 1 saturated heterocycles. The first-order valence-electron chi connectivity index (χ1n) is 10.5. The summed E-state index contributed by atoms with van der Waals surface area (Å²) in [6, 6.07) is 9.81. The van der Waals surface area contributed by atoms with Crippen LogP contribution in [0.4, 0.5) is 5.69 Å². The molecule has 2 aromatic rings. The molecule has 0 aliphatic carbocycles. The zero-order chi connectivity index (χ0) is 24.3. The summed E-state index contributed by atoms with van der Waals surface area (Å²) in [4.78, 5) is 39.9. The van der Waals surface area contributed by atoms with Crippen LogP contribution in [0.25, 0.3) is 5.76 Å². The van der Waals surface area contributed by atoms with Gasteiger partial charge < -0.3 is 19.6 Å². The minimum Gasteiger partial charge on any atom is -0.507 e. The average molecular weight is 453 g/mol. The minimum absolute atomic E-state index is 0.0386. The number of nitro benzene ring substituents is 1. The number of likely N-dealkylation sites (tertiary alicyclic amines) is 1. The molecule has 0 unspecified atom stereocenters. The molecule has 1 amide bonds. The predicted molar refractivity (Wildman–Crippen MR) is 123 cm³/mol. The van der Waals surface area contributed by atoms with Crippen LogP contribution >= 0.6 is 0 Å². The molecule has 1 aliphatic rings. The highest BCUT2D eigenvalue weighted by Crippen LogP contribution is 2.40. The van der Waals surface area contributed by atoms with Crippen molar-refractivity contribution >= 4 is 23.1 Å². The molecule has 0 radical (unpaired) electrons. The van der Waals surface area contributed by atoms with Crippen molar-refractivity contribution in [3.05, 3.63) is 74.8 Å². The number of non-ortho nitro benzene ring substituents is 1.